The molecular weight excluding hydrogens is 380 g/mol. The van der Waals surface area contributed by atoms with Gasteiger partial charge in [0.25, 0.3) is 5.91 Å². The summed E-state index contributed by atoms with van der Waals surface area (Å²) < 4.78 is 5.45. The van der Waals surface area contributed by atoms with Crippen LogP contribution in [0.1, 0.15) is 34.9 Å². The highest BCUT2D eigenvalue weighted by Gasteiger charge is 2.27. The molecule has 1 atom stereocenters. The van der Waals surface area contributed by atoms with Crippen LogP contribution in [0.25, 0.3) is 22.1 Å². The zero-order valence-electron chi connectivity index (χ0n) is 16.2. The van der Waals surface area contributed by atoms with Crippen LogP contribution in [-0.4, -0.2) is 39.1 Å². The molecule has 1 unspecified atom stereocenters. The molecule has 1 N–H and O–H groups in total. The van der Waals surface area contributed by atoms with E-state index in [0.29, 0.717) is 35.4 Å². The summed E-state index contributed by atoms with van der Waals surface area (Å²) in [6.45, 7) is 1.29. The summed E-state index contributed by atoms with van der Waals surface area (Å²) in [4.78, 5) is 31.8. The highest BCUT2D eigenvalue weighted by Crippen LogP contribution is 2.26. The standard InChI is InChI=1S/C23H20N4O3/c28-22(27-10-4-8-18(13-27)21-24-14-25-26-21)17-7-3-6-15(11-17)19-12-16-5-1-2-9-20(16)30-23(19)29/h1-3,5-7,9,11-12,14,18H,4,8,10,13H2,(H,24,25,26). The molecule has 30 heavy (non-hydrogen) atoms. The molecular formula is C23H20N4O3. The zero-order chi connectivity index (χ0) is 20.5. The van der Waals surface area contributed by atoms with Crippen molar-refractivity contribution < 1.29 is 9.21 Å². The van der Waals surface area contributed by atoms with E-state index < -0.39 is 5.63 Å². The van der Waals surface area contributed by atoms with E-state index in [1.165, 1.54) is 6.33 Å². The van der Waals surface area contributed by atoms with Crippen molar-refractivity contribution in [2.75, 3.05) is 13.1 Å². The predicted octanol–water partition coefficient (Wildman–Crippen LogP) is 3.60. The number of piperidine rings is 1. The highest BCUT2D eigenvalue weighted by molar-refractivity contribution is 5.96. The number of hydrogen-bond acceptors (Lipinski definition) is 5. The summed E-state index contributed by atoms with van der Waals surface area (Å²) in [5, 5.41) is 7.68. The third-order valence-corrected chi connectivity index (χ3v) is 5.59. The number of hydrogen-bond donors (Lipinski definition) is 1. The maximum absolute atomic E-state index is 13.2. The van der Waals surface area contributed by atoms with E-state index in [1.807, 2.05) is 35.2 Å². The lowest BCUT2D eigenvalue weighted by Gasteiger charge is -2.31. The summed E-state index contributed by atoms with van der Waals surface area (Å²) >= 11 is 0. The van der Waals surface area contributed by atoms with Crippen LogP contribution in [0.3, 0.4) is 0 Å². The van der Waals surface area contributed by atoms with Gasteiger partial charge >= 0.3 is 5.63 Å². The van der Waals surface area contributed by atoms with Crippen molar-refractivity contribution in [3.05, 3.63) is 82.7 Å². The number of carbonyl (C=O) groups is 1. The Bertz CT molecular complexity index is 1260. The fourth-order valence-electron chi connectivity index (χ4n) is 4.06. The molecule has 1 saturated heterocycles. The Balaban J connectivity index is 1.44. The Hall–Kier alpha value is -3.74. The van der Waals surface area contributed by atoms with E-state index in [4.69, 9.17) is 4.42 Å². The quantitative estimate of drug-likeness (QED) is 0.531. The first kappa shape index (κ1) is 18.3. The minimum atomic E-state index is -0.415. The van der Waals surface area contributed by atoms with Crippen LogP contribution < -0.4 is 5.63 Å². The van der Waals surface area contributed by atoms with Crippen molar-refractivity contribution in [3.63, 3.8) is 0 Å². The first-order chi connectivity index (χ1) is 14.7. The second kappa shape index (κ2) is 7.59. The van der Waals surface area contributed by atoms with Gasteiger partial charge in [0.2, 0.25) is 0 Å². The van der Waals surface area contributed by atoms with Crippen molar-refractivity contribution in [2.24, 2.45) is 0 Å². The SMILES string of the molecule is O=C(c1cccc(-c2cc3ccccc3oc2=O)c1)N1CCCC(c2ncn[nH]2)C1. The Labute approximate surface area is 172 Å². The first-order valence-electron chi connectivity index (χ1n) is 9.97. The average molecular weight is 400 g/mol. The minimum Gasteiger partial charge on any atom is -0.422 e. The molecule has 5 rings (SSSR count). The van der Waals surface area contributed by atoms with Gasteiger partial charge < -0.3 is 9.32 Å². The van der Waals surface area contributed by atoms with Gasteiger partial charge in [-0.05, 0) is 42.7 Å². The van der Waals surface area contributed by atoms with Gasteiger partial charge in [0.15, 0.2) is 0 Å². The fraction of sp³-hybridized carbons (Fsp3) is 0.217. The number of nitrogens with zero attached hydrogens (tertiary/aromatic N) is 3. The average Bonchev–Trinajstić information content (AvgIpc) is 3.33. The molecule has 0 spiro atoms. The molecule has 1 aliphatic heterocycles. The molecule has 0 aliphatic carbocycles. The number of carbonyl (C=O) groups excluding carboxylic acids is 1. The molecule has 4 aromatic rings. The van der Waals surface area contributed by atoms with Gasteiger partial charge in [-0.15, -0.1) is 0 Å². The number of para-hydroxylation sites is 1. The summed E-state index contributed by atoms with van der Waals surface area (Å²) in [6.07, 6.45) is 3.37. The van der Waals surface area contributed by atoms with Crippen LogP contribution in [0.5, 0.6) is 0 Å². The molecule has 0 radical (unpaired) electrons. The van der Waals surface area contributed by atoms with E-state index in [-0.39, 0.29) is 11.8 Å². The van der Waals surface area contributed by atoms with Gasteiger partial charge in [-0.3, -0.25) is 9.89 Å². The van der Waals surface area contributed by atoms with Crippen LogP contribution in [0.2, 0.25) is 0 Å². The molecule has 7 heteroatoms. The highest BCUT2D eigenvalue weighted by atomic mass is 16.4. The number of aromatic nitrogens is 3. The molecule has 1 fully saturated rings. The van der Waals surface area contributed by atoms with Gasteiger partial charge in [-0.25, -0.2) is 9.78 Å². The predicted molar refractivity (Wildman–Crippen MR) is 112 cm³/mol. The maximum atomic E-state index is 13.2. The summed E-state index contributed by atoms with van der Waals surface area (Å²) in [7, 11) is 0. The number of H-pyrrole nitrogens is 1. The monoisotopic (exact) mass is 400 g/mol. The van der Waals surface area contributed by atoms with Crippen LogP contribution in [0.15, 0.2) is 70.1 Å². The fourth-order valence-corrected chi connectivity index (χ4v) is 4.06. The molecule has 0 bridgehead atoms. The molecule has 3 heterocycles. The smallest absolute Gasteiger partial charge is 0.344 e. The number of aromatic amines is 1. The number of likely N-dealkylation sites (tertiary alicyclic amines) is 1. The first-order valence-corrected chi connectivity index (χ1v) is 9.97. The second-order valence-electron chi connectivity index (χ2n) is 7.53. The summed E-state index contributed by atoms with van der Waals surface area (Å²) in [6, 6.07) is 16.4. The number of rotatable bonds is 3. The lowest BCUT2D eigenvalue weighted by molar-refractivity contribution is 0.0704. The van der Waals surface area contributed by atoms with Gasteiger partial charge in [0, 0.05) is 30.0 Å². The molecule has 2 aromatic carbocycles. The Morgan fingerprint density at radius 1 is 1.13 bits per heavy atom. The van der Waals surface area contributed by atoms with Crippen LogP contribution >= 0.6 is 0 Å². The number of amides is 1. The third-order valence-electron chi connectivity index (χ3n) is 5.59. The molecule has 7 nitrogen and oxygen atoms in total. The van der Waals surface area contributed by atoms with Crippen molar-refractivity contribution >= 4 is 16.9 Å². The van der Waals surface area contributed by atoms with E-state index in [2.05, 4.69) is 15.2 Å². The van der Waals surface area contributed by atoms with Crippen molar-refractivity contribution in [1.82, 2.24) is 20.1 Å². The molecule has 2 aromatic heterocycles. The van der Waals surface area contributed by atoms with Crippen molar-refractivity contribution in [1.29, 1.82) is 0 Å². The van der Waals surface area contributed by atoms with Crippen molar-refractivity contribution in [2.45, 2.75) is 18.8 Å². The lowest BCUT2D eigenvalue weighted by Crippen LogP contribution is -2.39. The Morgan fingerprint density at radius 3 is 2.90 bits per heavy atom. The van der Waals surface area contributed by atoms with Crippen LogP contribution in [0, 0.1) is 0 Å². The van der Waals surface area contributed by atoms with E-state index in [1.54, 1.807) is 24.3 Å². The molecule has 150 valence electrons. The Morgan fingerprint density at radius 2 is 2.03 bits per heavy atom. The zero-order valence-corrected chi connectivity index (χ0v) is 16.2. The van der Waals surface area contributed by atoms with E-state index in [0.717, 1.165) is 24.1 Å². The van der Waals surface area contributed by atoms with Gasteiger partial charge in [0.1, 0.15) is 17.7 Å². The largest absolute Gasteiger partial charge is 0.422 e. The number of nitrogens with one attached hydrogen (secondary N) is 1. The number of benzene rings is 2. The van der Waals surface area contributed by atoms with E-state index in [9.17, 15) is 9.59 Å². The Kier molecular flexibility index (Phi) is 4.63. The molecule has 1 aliphatic rings. The van der Waals surface area contributed by atoms with Gasteiger partial charge in [-0.2, -0.15) is 5.10 Å². The third kappa shape index (κ3) is 3.39. The van der Waals surface area contributed by atoms with Crippen molar-refractivity contribution in [3.8, 4) is 11.1 Å². The molecule has 0 saturated carbocycles. The van der Waals surface area contributed by atoms with Gasteiger partial charge in [-0.1, -0.05) is 30.3 Å². The number of fused-ring (bicyclic) bond motifs is 1. The minimum absolute atomic E-state index is 0.0498. The van der Waals surface area contributed by atoms with Crippen LogP contribution in [0.4, 0.5) is 0 Å². The van der Waals surface area contributed by atoms with Gasteiger partial charge in [0.05, 0.1) is 5.56 Å². The summed E-state index contributed by atoms with van der Waals surface area (Å²) in [5.74, 6) is 0.919. The molecule has 1 amide bonds. The maximum Gasteiger partial charge on any atom is 0.344 e. The normalized spacial score (nSPS) is 16.7. The summed E-state index contributed by atoms with van der Waals surface area (Å²) in [5.41, 5.74) is 1.80. The van der Waals surface area contributed by atoms with Crippen LogP contribution in [-0.2, 0) is 0 Å². The second-order valence-corrected chi connectivity index (χ2v) is 7.53. The van der Waals surface area contributed by atoms with E-state index >= 15 is 0 Å². The topological polar surface area (TPSA) is 92.1 Å². The lowest BCUT2D eigenvalue weighted by atomic mass is 9.96.